The van der Waals surface area contributed by atoms with Crippen LogP contribution in [0.3, 0.4) is 0 Å². The van der Waals surface area contributed by atoms with Gasteiger partial charge in [-0.3, -0.25) is 9.59 Å². The van der Waals surface area contributed by atoms with Crippen LogP contribution in [0.25, 0.3) is 0 Å². The van der Waals surface area contributed by atoms with Crippen molar-refractivity contribution >= 4 is 5.91 Å². The van der Waals surface area contributed by atoms with E-state index in [1.165, 1.54) is 17.8 Å². The molecule has 0 spiro atoms. The van der Waals surface area contributed by atoms with Crippen molar-refractivity contribution in [2.24, 2.45) is 0 Å². The van der Waals surface area contributed by atoms with E-state index in [0.717, 1.165) is 12.0 Å². The zero-order valence-electron chi connectivity index (χ0n) is 11.6. The molecule has 4 nitrogen and oxygen atoms in total. The Morgan fingerprint density at radius 2 is 1.95 bits per heavy atom. The molecule has 1 aromatic heterocycles. The van der Waals surface area contributed by atoms with Gasteiger partial charge in [0.25, 0.3) is 11.5 Å². The van der Waals surface area contributed by atoms with Gasteiger partial charge in [-0.2, -0.15) is 0 Å². The first-order valence-electron chi connectivity index (χ1n) is 6.69. The van der Waals surface area contributed by atoms with E-state index in [1.807, 2.05) is 31.2 Å². The third-order valence-corrected chi connectivity index (χ3v) is 3.30. The predicted molar refractivity (Wildman–Crippen MR) is 78.8 cm³/mol. The van der Waals surface area contributed by atoms with Gasteiger partial charge in [-0.05, 0) is 36.6 Å². The highest BCUT2D eigenvalue weighted by Crippen LogP contribution is 2.14. The van der Waals surface area contributed by atoms with Crippen molar-refractivity contribution in [3.63, 3.8) is 0 Å². The SMILES string of the molecule is CCc1ccc([C@H](C)NC(=O)c2ccc[nH]c2=O)cc1. The largest absolute Gasteiger partial charge is 0.345 e. The summed E-state index contributed by atoms with van der Waals surface area (Å²) in [5.74, 6) is -0.362. The van der Waals surface area contributed by atoms with Crippen LogP contribution in [-0.4, -0.2) is 10.9 Å². The third-order valence-electron chi connectivity index (χ3n) is 3.30. The molecular weight excluding hydrogens is 252 g/mol. The van der Waals surface area contributed by atoms with Gasteiger partial charge >= 0.3 is 0 Å². The minimum atomic E-state index is -0.376. The number of benzene rings is 1. The Kier molecular flexibility index (Phi) is 4.35. The molecule has 4 heteroatoms. The van der Waals surface area contributed by atoms with Crippen molar-refractivity contribution in [3.05, 3.63) is 69.6 Å². The maximum Gasteiger partial charge on any atom is 0.260 e. The van der Waals surface area contributed by atoms with Crippen molar-refractivity contribution in [1.82, 2.24) is 10.3 Å². The molecule has 2 aromatic rings. The fourth-order valence-electron chi connectivity index (χ4n) is 2.00. The van der Waals surface area contributed by atoms with Crippen molar-refractivity contribution in [2.45, 2.75) is 26.3 Å². The Labute approximate surface area is 117 Å². The summed E-state index contributed by atoms with van der Waals surface area (Å²) in [6.45, 7) is 4.00. The fourth-order valence-corrected chi connectivity index (χ4v) is 2.00. The maximum absolute atomic E-state index is 12.0. The molecule has 104 valence electrons. The van der Waals surface area contributed by atoms with Crippen molar-refractivity contribution in [2.75, 3.05) is 0 Å². The third kappa shape index (κ3) is 3.15. The second-order valence-electron chi connectivity index (χ2n) is 4.70. The van der Waals surface area contributed by atoms with E-state index in [0.29, 0.717) is 0 Å². The second-order valence-corrected chi connectivity index (χ2v) is 4.70. The number of pyridine rings is 1. The Morgan fingerprint density at radius 3 is 2.55 bits per heavy atom. The quantitative estimate of drug-likeness (QED) is 0.896. The van der Waals surface area contributed by atoms with E-state index in [9.17, 15) is 9.59 Å². The lowest BCUT2D eigenvalue weighted by molar-refractivity contribution is 0.0938. The number of carbonyl (C=O) groups is 1. The first-order chi connectivity index (χ1) is 9.61. The summed E-state index contributed by atoms with van der Waals surface area (Å²) < 4.78 is 0. The van der Waals surface area contributed by atoms with Crippen LogP contribution >= 0.6 is 0 Å². The van der Waals surface area contributed by atoms with Crippen LogP contribution in [0.15, 0.2) is 47.4 Å². The molecule has 0 fully saturated rings. The summed E-state index contributed by atoms with van der Waals surface area (Å²) in [6.07, 6.45) is 2.49. The average Bonchev–Trinajstić information content (AvgIpc) is 2.47. The van der Waals surface area contributed by atoms with E-state index in [4.69, 9.17) is 0 Å². The van der Waals surface area contributed by atoms with Gasteiger partial charge in [-0.25, -0.2) is 0 Å². The number of hydrogen-bond acceptors (Lipinski definition) is 2. The summed E-state index contributed by atoms with van der Waals surface area (Å²) in [6, 6.07) is 11.1. The monoisotopic (exact) mass is 270 g/mol. The molecule has 0 saturated heterocycles. The molecule has 1 atom stereocenters. The van der Waals surface area contributed by atoms with Crippen LogP contribution in [0.5, 0.6) is 0 Å². The number of nitrogens with one attached hydrogen (secondary N) is 2. The molecule has 0 unspecified atom stereocenters. The lowest BCUT2D eigenvalue weighted by atomic mass is 10.0. The molecule has 1 amide bonds. The average molecular weight is 270 g/mol. The van der Waals surface area contributed by atoms with Gasteiger partial charge in [0.1, 0.15) is 5.56 Å². The standard InChI is InChI=1S/C16H18N2O2/c1-3-12-6-8-13(9-7-12)11(2)18-16(20)14-5-4-10-17-15(14)19/h4-11H,3H2,1-2H3,(H,17,19)(H,18,20)/t11-/m0/s1. The molecule has 20 heavy (non-hydrogen) atoms. The molecule has 0 bridgehead atoms. The number of rotatable bonds is 4. The Bertz CT molecular complexity index is 644. The smallest absolute Gasteiger partial charge is 0.260 e. The van der Waals surface area contributed by atoms with E-state index < -0.39 is 0 Å². The van der Waals surface area contributed by atoms with Gasteiger partial charge in [0.2, 0.25) is 0 Å². The number of H-pyrrole nitrogens is 1. The van der Waals surface area contributed by atoms with Gasteiger partial charge in [0, 0.05) is 6.20 Å². The van der Waals surface area contributed by atoms with E-state index in [1.54, 1.807) is 6.07 Å². The normalized spacial score (nSPS) is 11.9. The van der Waals surface area contributed by atoms with Crippen molar-refractivity contribution in [3.8, 4) is 0 Å². The van der Waals surface area contributed by atoms with Crippen LogP contribution in [-0.2, 0) is 6.42 Å². The Morgan fingerprint density at radius 1 is 1.25 bits per heavy atom. The van der Waals surface area contributed by atoms with Gasteiger partial charge in [-0.1, -0.05) is 31.2 Å². The van der Waals surface area contributed by atoms with E-state index in [2.05, 4.69) is 17.2 Å². The molecule has 0 saturated carbocycles. The van der Waals surface area contributed by atoms with Gasteiger partial charge in [-0.15, -0.1) is 0 Å². The summed E-state index contributed by atoms with van der Waals surface area (Å²) in [4.78, 5) is 26.1. The summed E-state index contributed by atoms with van der Waals surface area (Å²) in [7, 11) is 0. The molecule has 2 N–H and O–H groups in total. The first-order valence-corrected chi connectivity index (χ1v) is 6.69. The van der Waals surface area contributed by atoms with Crippen LogP contribution in [0.2, 0.25) is 0 Å². The fraction of sp³-hybridized carbons (Fsp3) is 0.250. The zero-order valence-corrected chi connectivity index (χ0v) is 11.6. The Hall–Kier alpha value is -2.36. The van der Waals surface area contributed by atoms with E-state index >= 15 is 0 Å². The summed E-state index contributed by atoms with van der Waals surface area (Å²) >= 11 is 0. The lowest BCUT2D eigenvalue weighted by Gasteiger charge is -2.14. The van der Waals surface area contributed by atoms with Crippen molar-refractivity contribution < 1.29 is 4.79 Å². The molecule has 2 rings (SSSR count). The number of amides is 1. The zero-order chi connectivity index (χ0) is 14.5. The number of aryl methyl sites for hydroxylation is 1. The van der Waals surface area contributed by atoms with Crippen LogP contribution in [0.1, 0.15) is 41.4 Å². The highest BCUT2D eigenvalue weighted by Gasteiger charge is 2.13. The molecular formula is C16H18N2O2. The number of hydrogen-bond donors (Lipinski definition) is 2. The minimum absolute atomic E-state index is 0.129. The number of carbonyl (C=O) groups excluding carboxylic acids is 1. The second kappa shape index (κ2) is 6.19. The van der Waals surface area contributed by atoms with Crippen molar-refractivity contribution in [1.29, 1.82) is 0 Å². The highest BCUT2D eigenvalue weighted by molar-refractivity contribution is 5.93. The molecule has 1 heterocycles. The molecule has 0 aliphatic carbocycles. The number of aromatic nitrogens is 1. The predicted octanol–water partition coefficient (Wildman–Crippen LogP) is 2.43. The topological polar surface area (TPSA) is 62.0 Å². The molecule has 0 aliphatic heterocycles. The molecule has 1 aromatic carbocycles. The van der Waals surface area contributed by atoms with Gasteiger partial charge < -0.3 is 10.3 Å². The summed E-state index contributed by atoms with van der Waals surface area (Å²) in [5.41, 5.74) is 2.03. The van der Waals surface area contributed by atoms with E-state index in [-0.39, 0.29) is 23.1 Å². The highest BCUT2D eigenvalue weighted by atomic mass is 16.2. The van der Waals surface area contributed by atoms with Crippen LogP contribution in [0.4, 0.5) is 0 Å². The van der Waals surface area contributed by atoms with Gasteiger partial charge in [0.15, 0.2) is 0 Å². The lowest BCUT2D eigenvalue weighted by Crippen LogP contribution is -2.31. The minimum Gasteiger partial charge on any atom is -0.345 e. The number of aromatic amines is 1. The maximum atomic E-state index is 12.0. The molecule has 0 radical (unpaired) electrons. The summed E-state index contributed by atoms with van der Waals surface area (Å²) in [5, 5.41) is 2.83. The van der Waals surface area contributed by atoms with Crippen LogP contribution < -0.4 is 10.9 Å². The van der Waals surface area contributed by atoms with Crippen LogP contribution in [0, 0.1) is 0 Å². The molecule has 0 aliphatic rings. The van der Waals surface area contributed by atoms with Gasteiger partial charge in [0.05, 0.1) is 6.04 Å². The Balaban J connectivity index is 2.11. The first kappa shape index (κ1) is 14.1.